The number of nitro benzene ring substituents is 1. The van der Waals surface area contributed by atoms with Crippen LogP contribution in [0, 0.1) is 17.0 Å². The van der Waals surface area contributed by atoms with Crippen molar-refractivity contribution in [2.24, 2.45) is 0 Å². The van der Waals surface area contributed by atoms with Gasteiger partial charge in [-0.3, -0.25) is 15.1 Å². The third-order valence-corrected chi connectivity index (χ3v) is 4.77. The largest absolute Gasteiger partial charge is 0.337 e. The van der Waals surface area contributed by atoms with E-state index in [0.29, 0.717) is 11.3 Å². The van der Waals surface area contributed by atoms with Crippen LogP contribution >= 0.6 is 0 Å². The van der Waals surface area contributed by atoms with Gasteiger partial charge in [0, 0.05) is 30.9 Å². The van der Waals surface area contributed by atoms with Crippen LogP contribution in [0.2, 0.25) is 0 Å². The summed E-state index contributed by atoms with van der Waals surface area (Å²) in [6, 6.07) is 6.45. The van der Waals surface area contributed by atoms with Crippen molar-refractivity contribution in [1.29, 1.82) is 0 Å². The van der Waals surface area contributed by atoms with Crippen LogP contribution in [0.3, 0.4) is 0 Å². The number of sulfonamides is 1. The Morgan fingerprint density at radius 1 is 1.27 bits per heavy atom. The van der Waals surface area contributed by atoms with Crippen molar-refractivity contribution in [3.05, 3.63) is 58.4 Å². The number of nitrogens with zero attached hydrogens (tertiary/aromatic N) is 2. The van der Waals surface area contributed by atoms with Gasteiger partial charge in [-0.1, -0.05) is 6.07 Å². The third-order valence-electron chi connectivity index (χ3n) is 3.31. The molecule has 0 aliphatic carbocycles. The average Bonchev–Trinajstić information content (AvgIpc) is 2.59. The van der Waals surface area contributed by atoms with Gasteiger partial charge >= 0.3 is 6.03 Å². The number of hydrogen-bond acceptors (Lipinski definition) is 6. The first kappa shape index (κ1) is 19.3. The highest BCUT2D eigenvalue weighted by Gasteiger charge is 2.19. The third kappa shape index (κ3) is 5.22. The number of anilines is 1. The smallest absolute Gasteiger partial charge is 0.319 e. The zero-order valence-electron chi connectivity index (χ0n) is 13.8. The summed E-state index contributed by atoms with van der Waals surface area (Å²) in [5.41, 5.74) is 0.585. The van der Waals surface area contributed by atoms with Crippen molar-refractivity contribution in [2.45, 2.75) is 11.8 Å². The molecule has 1 heterocycles. The zero-order chi connectivity index (χ0) is 19.2. The van der Waals surface area contributed by atoms with Gasteiger partial charge < -0.3 is 10.6 Å². The molecule has 0 aliphatic heterocycles. The van der Waals surface area contributed by atoms with Crippen molar-refractivity contribution in [3.63, 3.8) is 0 Å². The standard InChI is InChI=1S/C15H17N5O5S/c1-11-4-5-13(9-14(11)20(22)23)26(24,25)18-8-7-17-15(21)19-12-3-2-6-16-10-12/h2-6,9-10,18H,7-8H2,1H3,(H2,17,19,21). The Morgan fingerprint density at radius 3 is 2.69 bits per heavy atom. The van der Waals surface area contributed by atoms with Crippen molar-refractivity contribution in [1.82, 2.24) is 15.0 Å². The molecule has 0 saturated carbocycles. The molecule has 26 heavy (non-hydrogen) atoms. The first-order valence-corrected chi connectivity index (χ1v) is 8.97. The number of pyridine rings is 1. The van der Waals surface area contributed by atoms with Crippen LogP contribution in [0.5, 0.6) is 0 Å². The number of carbonyl (C=O) groups excluding carboxylic acids is 1. The maximum Gasteiger partial charge on any atom is 0.319 e. The second kappa shape index (κ2) is 8.36. The van der Waals surface area contributed by atoms with Gasteiger partial charge in [0.2, 0.25) is 10.0 Å². The molecule has 1 aromatic heterocycles. The molecule has 0 unspecified atom stereocenters. The number of carbonyl (C=O) groups is 1. The van der Waals surface area contributed by atoms with Gasteiger partial charge in [0.15, 0.2) is 0 Å². The maximum atomic E-state index is 12.2. The molecule has 11 heteroatoms. The Morgan fingerprint density at radius 2 is 2.04 bits per heavy atom. The maximum absolute atomic E-state index is 12.2. The Kier molecular flexibility index (Phi) is 6.20. The highest BCUT2D eigenvalue weighted by Crippen LogP contribution is 2.21. The summed E-state index contributed by atoms with van der Waals surface area (Å²) in [5.74, 6) is 0. The lowest BCUT2D eigenvalue weighted by molar-refractivity contribution is -0.385. The molecule has 3 N–H and O–H groups in total. The summed E-state index contributed by atoms with van der Waals surface area (Å²) in [6.45, 7) is 1.47. The minimum absolute atomic E-state index is 0.0271. The molecule has 0 atom stereocenters. The van der Waals surface area contributed by atoms with Gasteiger partial charge in [-0.15, -0.1) is 0 Å². The quantitative estimate of drug-likeness (QED) is 0.377. The molecule has 10 nitrogen and oxygen atoms in total. The lowest BCUT2D eigenvalue weighted by Gasteiger charge is -2.09. The molecule has 138 valence electrons. The summed E-state index contributed by atoms with van der Waals surface area (Å²) in [5, 5.41) is 15.9. The van der Waals surface area contributed by atoms with E-state index in [1.54, 1.807) is 18.3 Å². The summed E-state index contributed by atoms with van der Waals surface area (Å²) < 4.78 is 26.6. The van der Waals surface area contributed by atoms with E-state index in [4.69, 9.17) is 0 Å². The molecule has 0 radical (unpaired) electrons. The predicted octanol–water partition coefficient (Wildman–Crippen LogP) is 1.40. The number of urea groups is 1. The molecule has 0 spiro atoms. The van der Waals surface area contributed by atoms with Gasteiger partial charge in [0.1, 0.15) is 0 Å². The molecule has 0 aliphatic rings. The number of hydrogen-bond donors (Lipinski definition) is 3. The van der Waals surface area contributed by atoms with Crippen molar-refractivity contribution >= 4 is 27.4 Å². The second-order valence-corrected chi connectivity index (χ2v) is 6.99. The van der Waals surface area contributed by atoms with Crippen LogP contribution in [0.15, 0.2) is 47.6 Å². The monoisotopic (exact) mass is 379 g/mol. The molecule has 0 saturated heterocycles. The molecule has 0 fully saturated rings. The summed E-state index contributed by atoms with van der Waals surface area (Å²) in [4.78, 5) is 25.6. The normalized spacial score (nSPS) is 11.0. The van der Waals surface area contributed by atoms with E-state index >= 15 is 0 Å². The predicted molar refractivity (Wildman–Crippen MR) is 94.3 cm³/mol. The van der Waals surface area contributed by atoms with Gasteiger partial charge in [0.25, 0.3) is 5.69 Å². The van der Waals surface area contributed by atoms with Crippen molar-refractivity contribution < 1.29 is 18.1 Å². The SMILES string of the molecule is Cc1ccc(S(=O)(=O)NCCNC(=O)Nc2cccnc2)cc1[N+](=O)[O-]. The fourth-order valence-corrected chi connectivity index (χ4v) is 3.06. The van der Waals surface area contributed by atoms with Gasteiger partial charge in [-0.25, -0.2) is 17.9 Å². The highest BCUT2D eigenvalue weighted by atomic mass is 32.2. The van der Waals surface area contributed by atoms with E-state index in [-0.39, 0.29) is 23.7 Å². The number of nitro groups is 1. The first-order valence-electron chi connectivity index (χ1n) is 7.49. The summed E-state index contributed by atoms with van der Waals surface area (Å²) in [6.07, 6.45) is 3.03. The number of benzene rings is 1. The number of rotatable bonds is 7. The Bertz CT molecular complexity index is 902. The molecule has 2 amide bonds. The van der Waals surface area contributed by atoms with Gasteiger partial charge in [-0.2, -0.15) is 0 Å². The summed E-state index contributed by atoms with van der Waals surface area (Å²) >= 11 is 0. The fraction of sp³-hybridized carbons (Fsp3) is 0.200. The zero-order valence-corrected chi connectivity index (χ0v) is 14.6. The Balaban J connectivity index is 1.87. The fourth-order valence-electron chi connectivity index (χ4n) is 2.01. The van der Waals surface area contributed by atoms with E-state index in [1.165, 1.54) is 25.3 Å². The lowest BCUT2D eigenvalue weighted by atomic mass is 10.2. The van der Waals surface area contributed by atoms with Crippen LogP contribution in [-0.2, 0) is 10.0 Å². The van der Waals surface area contributed by atoms with Crippen molar-refractivity contribution in [3.8, 4) is 0 Å². The number of amides is 2. The van der Waals surface area contributed by atoms with Crippen LogP contribution in [-0.4, -0.2) is 37.4 Å². The van der Waals surface area contributed by atoms with E-state index in [2.05, 4.69) is 20.3 Å². The van der Waals surface area contributed by atoms with E-state index in [1.807, 2.05) is 0 Å². The first-order chi connectivity index (χ1) is 12.3. The van der Waals surface area contributed by atoms with E-state index < -0.39 is 21.0 Å². The van der Waals surface area contributed by atoms with Crippen LogP contribution in [0.25, 0.3) is 0 Å². The van der Waals surface area contributed by atoms with Crippen molar-refractivity contribution in [2.75, 3.05) is 18.4 Å². The van der Waals surface area contributed by atoms with Gasteiger partial charge in [0.05, 0.1) is 21.7 Å². The number of aryl methyl sites for hydroxylation is 1. The molecule has 0 bridgehead atoms. The number of aromatic nitrogens is 1. The highest BCUT2D eigenvalue weighted by molar-refractivity contribution is 7.89. The molecular weight excluding hydrogens is 362 g/mol. The topological polar surface area (TPSA) is 143 Å². The molecule has 1 aromatic carbocycles. The molecular formula is C15H17N5O5S. The minimum Gasteiger partial charge on any atom is -0.337 e. The van der Waals surface area contributed by atoms with E-state index in [9.17, 15) is 23.3 Å². The Hall–Kier alpha value is -3.05. The van der Waals surface area contributed by atoms with Gasteiger partial charge in [-0.05, 0) is 25.1 Å². The van der Waals surface area contributed by atoms with Crippen LogP contribution < -0.4 is 15.4 Å². The van der Waals surface area contributed by atoms with Crippen LogP contribution in [0.4, 0.5) is 16.2 Å². The molecule has 2 aromatic rings. The average molecular weight is 379 g/mol. The number of nitrogens with one attached hydrogen (secondary N) is 3. The van der Waals surface area contributed by atoms with Crippen LogP contribution in [0.1, 0.15) is 5.56 Å². The second-order valence-electron chi connectivity index (χ2n) is 5.23. The summed E-state index contributed by atoms with van der Waals surface area (Å²) in [7, 11) is -3.93. The Labute approximate surface area is 149 Å². The lowest BCUT2D eigenvalue weighted by Crippen LogP contribution is -2.36. The minimum atomic E-state index is -3.93. The molecule has 2 rings (SSSR count). The van der Waals surface area contributed by atoms with E-state index in [0.717, 1.165) is 6.07 Å².